The van der Waals surface area contributed by atoms with Crippen LogP contribution in [0.4, 0.5) is 0 Å². The van der Waals surface area contributed by atoms with Gasteiger partial charge >= 0.3 is 5.97 Å². The summed E-state index contributed by atoms with van der Waals surface area (Å²) in [6.45, 7) is 6.46. The zero-order valence-corrected chi connectivity index (χ0v) is 18.0. The number of aliphatic imine (C=N–C) groups is 1. The van der Waals surface area contributed by atoms with Crippen molar-refractivity contribution in [3.8, 4) is 0 Å². The highest BCUT2D eigenvalue weighted by atomic mass is 32.2. The van der Waals surface area contributed by atoms with Crippen LogP contribution in [0.2, 0.25) is 0 Å². The van der Waals surface area contributed by atoms with Crippen molar-refractivity contribution in [2.24, 2.45) is 16.8 Å². The minimum Gasteiger partial charge on any atom is -0.469 e. The van der Waals surface area contributed by atoms with Gasteiger partial charge < -0.3 is 15.0 Å². The Labute approximate surface area is 167 Å². The van der Waals surface area contributed by atoms with Gasteiger partial charge in [0.05, 0.1) is 24.5 Å². The molecule has 1 saturated heterocycles. The van der Waals surface area contributed by atoms with Crippen molar-refractivity contribution in [2.45, 2.75) is 25.3 Å². The van der Waals surface area contributed by atoms with Crippen LogP contribution < -0.4 is 5.32 Å². The number of ether oxygens (including phenoxy) is 1. The number of esters is 1. The molecule has 0 spiro atoms. The molecule has 0 aromatic heterocycles. The number of benzene rings is 1. The standard InChI is InChI=1S/C19H30N4O4S/c1-6-20-19(23-12-14(2)17(13-23)18(24)27-5)21-11-15-7-9-16(10-8-15)28(25,26)22(3)4/h7-10,14,17H,6,11-13H2,1-5H3,(H,20,21). The van der Waals surface area contributed by atoms with Gasteiger partial charge in [-0.25, -0.2) is 17.7 Å². The van der Waals surface area contributed by atoms with Crippen LogP contribution in [-0.4, -0.2) is 70.4 Å². The molecule has 0 aliphatic carbocycles. The summed E-state index contributed by atoms with van der Waals surface area (Å²) in [5.74, 6) is 0.575. The van der Waals surface area contributed by atoms with Crippen molar-refractivity contribution in [3.63, 3.8) is 0 Å². The molecule has 0 saturated carbocycles. The van der Waals surface area contributed by atoms with Crippen LogP contribution >= 0.6 is 0 Å². The molecule has 8 nitrogen and oxygen atoms in total. The Morgan fingerprint density at radius 2 is 1.93 bits per heavy atom. The smallest absolute Gasteiger partial charge is 0.310 e. The van der Waals surface area contributed by atoms with Crippen LogP contribution in [0.25, 0.3) is 0 Å². The summed E-state index contributed by atoms with van der Waals surface area (Å²) in [5, 5.41) is 3.26. The number of sulfonamides is 1. The molecule has 2 rings (SSSR count). The number of nitrogens with zero attached hydrogens (tertiary/aromatic N) is 3. The highest BCUT2D eigenvalue weighted by molar-refractivity contribution is 7.89. The Morgan fingerprint density at radius 3 is 2.46 bits per heavy atom. The predicted octanol–water partition coefficient (Wildman–Crippen LogP) is 1.14. The molecule has 1 N–H and O–H groups in total. The molecule has 9 heteroatoms. The zero-order chi connectivity index (χ0) is 20.9. The second-order valence-electron chi connectivity index (χ2n) is 7.11. The quantitative estimate of drug-likeness (QED) is 0.430. The van der Waals surface area contributed by atoms with E-state index in [-0.39, 0.29) is 22.7 Å². The summed E-state index contributed by atoms with van der Waals surface area (Å²) in [5.41, 5.74) is 0.907. The summed E-state index contributed by atoms with van der Waals surface area (Å²) >= 11 is 0. The van der Waals surface area contributed by atoms with Gasteiger partial charge in [0.25, 0.3) is 0 Å². The van der Waals surface area contributed by atoms with E-state index in [2.05, 4.69) is 15.2 Å². The SMILES string of the molecule is CCNC(=NCc1ccc(S(=O)(=O)N(C)C)cc1)N1CC(C)C(C(=O)OC)C1. The number of hydrogen-bond acceptors (Lipinski definition) is 5. The minimum atomic E-state index is -3.44. The average Bonchev–Trinajstić information content (AvgIpc) is 3.06. The number of hydrogen-bond donors (Lipinski definition) is 1. The number of carbonyl (C=O) groups excluding carboxylic acids is 1. The molecule has 156 valence electrons. The fourth-order valence-electron chi connectivity index (χ4n) is 3.17. The molecule has 0 radical (unpaired) electrons. The Morgan fingerprint density at radius 1 is 1.29 bits per heavy atom. The van der Waals surface area contributed by atoms with Gasteiger partial charge in [0, 0.05) is 33.7 Å². The van der Waals surface area contributed by atoms with Crippen LogP contribution in [0.5, 0.6) is 0 Å². The monoisotopic (exact) mass is 410 g/mol. The maximum Gasteiger partial charge on any atom is 0.310 e. The average molecular weight is 411 g/mol. The van der Waals surface area contributed by atoms with Gasteiger partial charge in [0.1, 0.15) is 0 Å². The van der Waals surface area contributed by atoms with Gasteiger partial charge in [-0.3, -0.25) is 4.79 Å². The fraction of sp³-hybridized carbons (Fsp3) is 0.579. The molecular weight excluding hydrogens is 380 g/mol. The number of nitrogens with one attached hydrogen (secondary N) is 1. The van der Waals surface area contributed by atoms with Gasteiger partial charge in [-0.05, 0) is 30.5 Å². The van der Waals surface area contributed by atoms with E-state index in [1.54, 1.807) is 24.3 Å². The first-order chi connectivity index (χ1) is 13.2. The van der Waals surface area contributed by atoms with Crippen LogP contribution in [-0.2, 0) is 26.1 Å². The Kier molecular flexibility index (Phi) is 7.42. The number of likely N-dealkylation sites (tertiary alicyclic amines) is 1. The van der Waals surface area contributed by atoms with Gasteiger partial charge in [-0.2, -0.15) is 0 Å². The summed E-state index contributed by atoms with van der Waals surface area (Å²) < 4.78 is 30.4. The van der Waals surface area contributed by atoms with Crippen LogP contribution in [0.15, 0.2) is 34.2 Å². The molecule has 1 aromatic rings. The zero-order valence-electron chi connectivity index (χ0n) is 17.2. The van der Waals surface area contributed by atoms with Crippen LogP contribution in [0.3, 0.4) is 0 Å². The van der Waals surface area contributed by atoms with E-state index in [1.165, 1.54) is 25.5 Å². The molecule has 2 atom stereocenters. The molecule has 2 unspecified atom stereocenters. The molecule has 1 aromatic carbocycles. The number of guanidine groups is 1. The predicted molar refractivity (Wildman–Crippen MR) is 108 cm³/mol. The molecule has 0 bridgehead atoms. The minimum absolute atomic E-state index is 0.163. The summed E-state index contributed by atoms with van der Waals surface area (Å²) in [4.78, 5) is 18.9. The fourth-order valence-corrected chi connectivity index (χ4v) is 4.07. The molecular formula is C19H30N4O4S. The highest BCUT2D eigenvalue weighted by Crippen LogP contribution is 2.24. The lowest BCUT2D eigenvalue weighted by molar-refractivity contribution is -0.145. The Hall–Kier alpha value is -2.13. The Balaban J connectivity index is 2.12. The van der Waals surface area contributed by atoms with Crippen molar-refractivity contribution in [3.05, 3.63) is 29.8 Å². The second-order valence-corrected chi connectivity index (χ2v) is 9.27. The van der Waals surface area contributed by atoms with Gasteiger partial charge in [0.15, 0.2) is 5.96 Å². The summed E-state index contributed by atoms with van der Waals surface area (Å²) in [6, 6.07) is 6.73. The van der Waals surface area contributed by atoms with Crippen molar-refractivity contribution < 1.29 is 17.9 Å². The lowest BCUT2D eigenvalue weighted by atomic mass is 9.99. The van der Waals surface area contributed by atoms with E-state index < -0.39 is 10.0 Å². The van der Waals surface area contributed by atoms with Crippen molar-refractivity contribution in [2.75, 3.05) is 40.8 Å². The molecule has 28 heavy (non-hydrogen) atoms. The van der Waals surface area contributed by atoms with E-state index >= 15 is 0 Å². The maximum atomic E-state index is 12.2. The first-order valence-electron chi connectivity index (χ1n) is 9.33. The van der Waals surface area contributed by atoms with E-state index in [0.717, 1.165) is 18.1 Å². The third-order valence-corrected chi connectivity index (χ3v) is 6.69. The van der Waals surface area contributed by atoms with Crippen LogP contribution in [0, 0.1) is 11.8 Å². The lowest BCUT2D eigenvalue weighted by Crippen LogP contribution is -2.40. The topological polar surface area (TPSA) is 91.3 Å². The molecule has 0 amide bonds. The summed E-state index contributed by atoms with van der Waals surface area (Å²) in [6.07, 6.45) is 0. The van der Waals surface area contributed by atoms with E-state index in [0.29, 0.717) is 19.6 Å². The van der Waals surface area contributed by atoms with Crippen molar-refractivity contribution in [1.82, 2.24) is 14.5 Å². The second kappa shape index (κ2) is 9.38. The maximum absolute atomic E-state index is 12.2. The normalized spacial score (nSPS) is 20.5. The number of carbonyl (C=O) groups is 1. The lowest BCUT2D eigenvalue weighted by Gasteiger charge is -2.21. The first-order valence-corrected chi connectivity index (χ1v) is 10.8. The molecule has 1 aliphatic rings. The highest BCUT2D eigenvalue weighted by Gasteiger charge is 2.36. The molecule has 1 aliphatic heterocycles. The molecule has 1 fully saturated rings. The van der Waals surface area contributed by atoms with Gasteiger partial charge in [-0.1, -0.05) is 19.1 Å². The van der Waals surface area contributed by atoms with E-state index in [9.17, 15) is 13.2 Å². The molecule has 1 heterocycles. The first kappa shape index (κ1) is 22.2. The van der Waals surface area contributed by atoms with Crippen molar-refractivity contribution >= 4 is 22.0 Å². The Bertz CT molecular complexity index is 806. The van der Waals surface area contributed by atoms with Gasteiger partial charge in [-0.15, -0.1) is 0 Å². The number of rotatable bonds is 6. The van der Waals surface area contributed by atoms with E-state index in [4.69, 9.17) is 4.74 Å². The van der Waals surface area contributed by atoms with Crippen molar-refractivity contribution in [1.29, 1.82) is 0 Å². The number of methoxy groups -OCH3 is 1. The van der Waals surface area contributed by atoms with E-state index in [1.807, 2.05) is 13.8 Å². The largest absolute Gasteiger partial charge is 0.469 e. The third-order valence-electron chi connectivity index (χ3n) is 4.86. The third kappa shape index (κ3) is 5.02. The van der Waals surface area contributed by atoms with Gasteiger partial charge in [0.2, 0.25) is 10.0 Å². The summed E-state index contributed by atoms with van der Waals surface area (Å²) in [7, 11) is 0.995. The van der Waals surface area contributed by atoms with Crippen LogP contribution in [0.1, 0.15) is 19.4 Å².